The van der Waals surface area contributed by atoms with Gasteiger partial charge in [-0.3, -0.25) is 0 Å². The topological polar surface area (TPSA) is 81.5 Å². The molecule has 8 nitrogen and oxygen atoms in total. The van der Waals surface area contributed by atoms with Crippen LogP contribution in [0.4, 0.5) is 10.6 Å². The molecule has 0 radical (unpaired) electrons. The molecule has 0 bridgehead atoms. The van der Waals surface area contributed by atoms with Crippen molar-refractivity contribution in [2.75, 3.05) is 25.0 Å². The first-order valence-electron chi connectivity index (χ1n) is 11.2. The number of ether oxygens (including phenoxy) is 2. The summed E-state index contributed by atoms with van der Waals surface area (Å²) in [5.74, 6) is 0.763. The molecule has 2 aromatic rings. The molecule has 0 aliphatic carbocycles. The van der Waals surface area contributed by atoms with Crippen LogP contribution in [0.5, 0.6) is 0 Å². The highest BCUT2D eigenvalue weighted by atomic mass is 79.9. The number of hydrogen-bond acceptors (Lipinski definition) is 6. The summed E-state index contributed by atoms with van der Waals surface area (Å²) in [6.45, 7) is 15.2. The summed E-state index contributed by atoms with van der Waals surface area (Å²) >= 11 is 3.67. The van der Waals surface area contributed by atoms with Gasteiger partial charge in [0.25, 0.3) is 0 Å². The monoisotopic (exact) mass is 525 g/mol. The molecule has 1 aliphatic rings. The number of rotatable bonds is 7. The lowest BCUT2D eigenvalue weighted by Crippen LogP contribution is -2.47. The summed E-state index contributed by atoms with van der Waals surface area (Å²) in [5, 5.41) is 4.46. The van der Waals surface area contributed by atoms with Gasteiger partial charge in [-0.1, -0.05) is 19.6 Å². The molecule has 1 N–H and O–H groups in total. The van der Waals surface area contributed by atoms with Crippen LogP contribution in [0.25, 0.3) is 11.0 Å². The van der Waals surface area contributed by atoms with Crippen molar-refractivity contribution in [1.82, 2.24) is 19.4 Å². The number of amides is 1. The molecule has 0 saturated carbocycles. The molecule has 1 saturated heterocycles. The molecule has 1 aliphatic heterocycles. The minimum atomic E-state index is -1.12. The van der Waals surface area contributed by atoms with E-state index in [0.717, 1.165) is 46.8 Å². The molecule has 178 valence electrons. The number of carbonyl (C=O) groups excluding carboxylic acids is 1. The zero-order chi connectivity index (χ0) is 23.5. The molecular formula is C22H36BrN5O3Si. The molecular weight excluding hydrogens is 490 g/mol. The van der Waals surface area contributed by atoms with E-state index >= 15 is 0 Å². The predicted octanol–water partition coefficient (Wildman–Crippen LogP) is 5.32. The summed E-state index contributed by atoms with van der Waals surface area (Å²) in [6, 6.07) is 1.22. The highest BCUT2D eigenvalue weighted by molar-refractivity contribution is 9.10. The van der Waals surface area contributed by atoms with Crippen LogP contribution in [0.1, 0.15) is 33.6 Å². The Morgan fingerprint density at radius 1 is 1.31 bits per heavy atom. The molecule has 0 spiro atoms. The zero-order valence-electron chi connectivity index (χ0n) is 20.1. The van der Waals surface area contributed by atoms with E-state index in [-0.39, 0.29) is 12.1 Å². The lowest BCUT2D eigenvalue weighted by molar-refractivity contribution is 0.0206. The minimum absolute atomic E-state index is 0.0950. The van der Waals surface area contributed by atoms with E-state index in [0.29, 0.717) is 19.8 Å². The Bertz CT molecular complexity index is 938. The highest BCUT2D eigenvalue weighted by Crippen LogP contribution is 2.31. The largest absolute Gasteiger partial charge is 0.444 e. The first-order chi connectivity index (χ1) is 14.9. The van der Waals surface area contributed by atoms with Crippen molar-refractivity contribution < 1.29 is 14.3 Å². The third-order valence-corrected chi connectivity index (χ3v) is 7.55. The van der Waals surface area contributed by atoms with Crippen molar-refractivity contribution in [1.29, 1.82) is 0 Å². The van der Waals surface area contributed by atoms with Gasteiger partial charge in [0, 0.05) is 44.5 Å². The molecule has 3 rings (SSSR count). The second-order valence-electron chi connectivity index (χ2n) is 10.6. The van der Waals surface area contributed by atoms with Crippen LogP contribution in [-0.2, 0) is 16.2 Å². The average Bonchev–Trinajstić information content (AvgIpc) is 3.00. The fourth-order valence-corrected chi connectivity index (χ4v) is 4.98. The van der Waals surface area contributed by atoms with Gasteiger partial charge in [0.05, 0.1) is 5.39 Å². The third-order valence-electron chi connectivity index (χ3n) is 5.25. The van der Waals surface area contributed by atoms with E-state index in [1.165, 1.54) is 0 Å². The van der Waals surface area contributed by atoms with Gasteiger partial charge in [-0.25, -0.2) is 14.8 Å². The van der Waals surface area contributed by atoms with Crippen LogP contribution in [0.2, 0.25) is 25.7 Å². The summed E-state index contributed by atoms with van der Waals surface area (Å²) in [5.41, 5.74) is 0.323. The van der Waals surface area contributed by atoms with Crippen LogP contribution in [-0.4, -0.2) is 64.9 Å². The van der Waals surface area contributed by atoms with Crippen molar-refractivity contribution in [3.05, 3.63) is 17.0 Å². The first kappa shape index (κ1) is 25.0. The zero-order valence-corrected chi connectivity index (χ0v) is 22.7. The van der Waals surface area contributed by atoms with Crippen LogP contribution in [0.3, 0.4) is 0 Å². The lowest BCUT2D eigenvalue weighted by Gasteiger charge is -2.34. The van der Waals surface area contributed by atoms with Gasteiger partial charge in [0.15, 0.2) is 0 Å². The van der Waals surface area contributed by atoms with E-state index in [4.69, 9.17) is 9.47 Å². The molecule has 1 unspecified atom stereocenters. The van der Waals surface area contributed by atoms with Crippen molar-refractivity contribution in [3.8, 4) is 0 Å². The van der Waals surface area contributed by atoms with Gasteiger partial charge in [-0.05, 0) is 55.6 Å². The molecule has 10 heteroatoms. The third kappa shape index (κ3) is 6.92. The smallest absolute Gasteiger partial charge is 0.410 e. The van der Waals surface area contributed by atoms with E-state index < -0.39 is 13.7 Å². The maximum atomic E-state index is 12.5. The quantitative estimate of drug-likeness (QED) is 0.389. The Morgan fingerprint density at radius 2 is 2.06 bits per heavy atom. The molecule has 3 heterocycles. The number of halogens is 1. The van der Waals surface area contributed by atoms with Crippen LogP contribution < -0.4 is 5.32 Å². The minimum Gasteiger partial charge on any atom is -0.444 e. The number of hydrogen-bond donors (Lipinski definition) is 1. The van der Waals surface area contributed by atoms with Crippen molar-refractivity contribution in [3.63, 3.8) is 0 Å². The van der Waals surface area contributed by atoms with Gasteiger partial charge < -0.3 is 24.3 Å². The molecule has 0 aromatic carbocycles. The fourth-order valence-electron chi connectivity index (χ4n) is 3.61. The van der Waals surface area contributed by atoms with Gasteiger partial charge in [0.1, 0.15) is 30.1 Å². The number of anilines is 1. The average molecular weight is 527 g/mol. The highest BCUT2D eigenvalue weighted by Gasteiger charge is 2.28. The van der Waals surface area contributed by atoms with E-state index in [1.807, 2.05) is 31.5 Å². The maximum Gasteiger partial charge on any atom is 0.410 e. The van der Waals surface area contributed by atoms with Gasteiger partial charge in [-0.2, -0.15) is 0 Å². The number of fused-ring (bicyclic) bond motifs is 1. The predicted molar refractivity (Wildman–Crippen MR) is 134 cm³/mol. The molecule has 32 heavy (non-hydrogen) atoms. The van der Waals surface area contributed by atoms with Crippen LogP contribution in [0, 0.1) is 0 Å². The Morgan fingerprint density at radius 3 is 2.75 bits per heavy atom. The number of nitrogens with one attached hydrogen (secondary N) is 1. The van der Waals surface area contributed by atoms with Crippen molar-refractivity contribution in [2.45, 2.75) is 77.7 Å². The van der Waals surface area contributed by atoms with Gasteiger partial charge in [0.2, 0.25) is 0 Å². The van der Waals surface area contributed by atoms with E-state index in [9.17, 15) is 4.79 Å². The van der Waals surface area contributed by atoms with E-state index in [2.05, 4.69) is 50.9 Å². The number of aromatic nitrogens is 3. The Hall–Kier alpha value is -1.65. The number of piperidine rings is 1. The Labute approximate surface area is 200 Å². The maximum absolute atomic E-state index is 12.5. The molecule has 1 amide bonds. The van der Waals surface area contributed by atoms with Crippen molar-refractivity contribution >= 4 is 46.9 Å². The summed E-state index contributed by atoms with van der Waals surface area (Å²) in [4.78, 5) is 23.3. The second kappa shape index (κ2) is 10.1. The summed E-state index contributed by atoms with van der Waals surface area (Å²) < 4.78 is 14.4. The van der Waals surface area contributed by atoms with Crippen molar-refractivity contribution in [2.24, 2.45) is 0 Å². The Kier molecular flexibility index (Phi) is 7.88. The number of carbonyl (C=O) groups is 1. The molecule has 1 atom stereocenters. The van der Waals surface area contributed by atoms with Gasteiger partial charge in [-0.15, -0.1) is 0 Å². The van der Waals surface area contributed by atoms with Gasteiger partial charge >= 0.3 is 6.09 Å². The number of nitrogens with zero attached hydrogens (tertiary/aromatic N) is 4. The fraction of sp³-hybridized carbons (Fsp3) is 0.682. The normalized spacial score (nSPS) is 17.6. The first-order valence-corrected chi connectivity index (χ1v) is 15.7. The lowest BCUT2D eigenvalue weighted by atomic mass is 10.1. The van der Waals surface area contributed by atoms with Crippen LogP contribution in [0.15, 0.2) is 17.0 Å². The molecule has 1 fully saturated rings. The van der Waals surface area contributed by atoms with Crippen LogP contribution >= 0.6 is 15.9 Å². The summed E-state index contributed by atoms with van der Waals surface area (Å²) in [6.07, 6.45) is 5.18. The summed E-state index contributed by atoms with van der Waals surface area (Å²) in [7, 11) is -1.12. The Balaban J connectivity index is 1.68. The standard InChI is InChI=1S/C22H36BrN5O3Si/c1-22(2,3)31-21(29)27-9-7-8-16(12-27)26-19-18-17(23)13-28(20(18)25-14-24-19)15-30-10-11-32(4,5)6/h13-14,16H,7-12,15H2,1-6H3,(H,24,25,26). The SMILES string of the molecule is CC(C)(C)OC(=O)N1CCCC(Nc2ncnc3c2c(Br)cn3COCC[Si](C)(C)C)C1. The molecule has 2 aromatic heterocycles. The second-order valence-corrected chi connectivity index (χ2v) is 17.1. The van der Waals surface area contributed by atoms with E-state index in [1.54, 1.807) is 11.2 Å². The number of likely N-dealkylation sites (tertiary alicyclic amines) is 1.